The number of halogens is 1. The van der Waals surface area contributed by atoms with Crippen LogP contribution in [0.1, 0.15) is 11.1 Å². The number of rotatable bonds is 5. The van der Waals surface area contributed by atoms with E-state index in [-0.39, 0.29) is 0 Å². The highest BCUT2D eigenvalue weighted by atomic mass is 79.9. The third-order valence-electron chi connectivity index (χ3n) is 3.43. The molecule has 0 amide bonds. The number of fused-ring (bicyclic) bond motifs is 1. The van der Waals surface area contributed by atoms with Crippen LogP contribution in [0.2, 0.25) is 0 Å². The number of ether oxygens (including phenoxy) is 2. The Morgan fingerprint density at radius 1 is 1.00 bits per heavy atom. The van der Waals surface area contributed by atoms with E-state index in [4.69, 9.17) is 29.3 Å². The second-order valence-electron chi connectivity index (χ2n) is 5.35. The van der Waals surface area contributed by atoms with Crippen molar-refractivity contribution < 1.29 is 29.3 Å². The number of hydrogen-bond acceptors (Lipinski definition) is 5. The van der Waals surface area contributed by atoms with E-state index in [9.17, 15) is 0 Å². The molecule has 2 aromatic rings. The van der Waals surface area contributed by atoms with Gasteiger partial charge in [0.15, 0.2) is 11.5 Å². The lowest BCUT2D eigenvalue weighted by Gasteiger charge is -2.06. The maximum Gasteiger partial charge on any atom is 0.414 e. The zero-order valence-corrected chi connectivity index (χ0v) is 15.4. The Morgan fingerprint density at radius 2 is 1.73 bits per heavy atom. The molecule has 0 spiro atoms. The standard InChI is InChI=1S/C16H16BrNO2.C2H2O4/c17-14-3-1-2-13(8-14)10-18-7-6-12-4-5-15-16(9-12)20-11-19-15;3-1(4)2(5)6/h1-5,8-9,18H,6-7,10-11H2;(H,3,4)(H,5,6). The van der Waals surface area contributed by atoms with Crippen LogP contribution >= 0.6 is 15.9 Å². The molecule has 0 aromatic heterocycles. The molecule has 1 aliphatic rings. The van der Waals surface area contributed by atoms with Crippen LogP contribution in [0.3, 0.4) is 0 Å². The Balaban J connectivity index is 0.000000352. The maximum atomic E-state index is 9.10. The average molecular weight is 424 g/mol. The SMILES string of the molecule is Brc1cccc(CNCCc2ccc3c(c2)OCO3)c1.O=C(O)C(=O)O. The Kier molecular flexibility index (Phi) is 7.43. The van der Waals surface area contributed by atoms with Crippen LogP contribution in [0.5, 0.6) is 11.5 Å². The predicted octanol–water partition coefficient (Wildman–Crippen LogP) is 2.67. The van der Waals surface area contributed by atoms with Gasteiger partial charge in [0, 0.05) is 11.0 Å². The van der Waals surface area contributed by atoms with Gasteiger partial charge in [0.1, 0.15) is 0 Å². The summed E-state index contributed by atoms with van der Waals surface area (Å²) in [7, 11) is 0. The zero-order valence-electron chi connectivity index (χ0n) is 13.8. The minimum Gasteiger partial charge on any atom is -0.473 e. The van der Waals surface area contributed by atoms with E-state index in [2.05, 4.69) is 51.6 Å². The second kappa shape index (κ2) is 9.79. The fourth-order valence-corrected chi connectivity index (χ4v) is 2.66. The topological polar surface area (TPSA) is 105 Å². The first kappa shape index (κ1) is 19.7. The fourth-order valence-electron chi connectivity index (χ4n) is 2.21. The zero-order chi connectivity index (χ0) is 18.9. The van der Waals surface area contributed by atoms with Crippen molar-refractivity contribution in [1.29, 1.82) is 0 Å². The smallest absolute Gasteiger partial charge is 0.414 e. The average Bonchev–Trinajstić information content (AvgIpc) is 3.07. The number of aliphatic carboxylic acids is 2. The van der Waals surface area contributed by atoms with Gasteiger partial charge < -0.3 is 25.0 Å². The Morgan fingerprint density at radius 3 is 2.42 bits per heavy atom. The van der Waals surface area contributed by atoms with Crippen LogP contribution in [0, 0.1) is 0 Å². The highest BCUT2D eigenvalue weighted by Crippen LogP contribution is 2.32. The molecule has 2 aromatic carbocycles. The molecule has 8 heteroatoms. The molecule has 0 saturated carbocycles. The highest BCUT2D eigenvalue weighted by molar-refractivity contribution is 9.10. The lowest BCUT2D eigenvalue weighted by Crippen LogP contribution is -2.16. The molecule has 3 N–H and O–H groups in total. The van der Waals surface area contributed by atoms with Gasteiger partial charge in [-0.1, -0.05) is 34.1 Å². The molecule has 7 nitrogen and oxygen atoms in total. The van der Waals surface area contributed by atoms with Crippen LogP contribution < -0.4 is 14.8 Å². The maximum absolute atomic E-state index is 9.10. The van der Waals surface area contributed by atoms with Crippen molar-refractivity contribution in [2.75, 3.05) is 13.3 Å². The van der Waals surface area contributed by atoms with Crippen LogP contribution in [0.15, 0.2) is 46.9 Å². The lowest BCUT2D eigenvalue weighted by atomic mass is 10.1. The van der Waals surface area contributed by atoms with Crippen molar-refractivity contribution in [2.45, 2.75) is 13.0 Å². The van der Waals surface area contributed by atoms with E-state index in [1.54, 1.807) is 0 Å². The molecule has 0 aliphatic carbocycles. The molecule has 3 rings (SSSR count). The van der Waals surface area contributed by atoms with Crippen molar-refractivity contribution in [3.05, 3.63) is 58.1 Å². The summed E-state index contributed by atoms with van der Waals surface area (Å²) in [4.78, 5) is 18.2. The summed E-state index contributed by atoms with van der Waals surface area (Å²) in [5.74, 6) is -1.95. The number of hydrogen-bond donors (Lipinski definition) is 3. The van der Waals surface area contributed by atoms with Gasteiger partial charge in [0.2, 0.25) is 6.79 Å². The van der Waals surface area contributed by atoms with E-state index in [1.165, 1.54) is 11.1 Å². The molecule has 0 bridgehead atoms. The van der Waals surface area contributed by atoms with Gasteiger partial charge >= 0.3 is 11.9 Å². The Labute approximate surface area is 158 Å². The largest absolute Gasteiger partial charge is 0.473 e. The van der Waals surface area contributed by atoms with Gasteiger partial charge in [-0.3, -0.25) is 0 Å². The van der Waals surface area contributed by atoms with Crippen molar-refractivity contribution in [3.8, 4) is 11.5 Å². The molecule has 0 atom stereocenters. The molecule has 0 fully saturated rings. The summed E-state index contributed by atoms with van der Waals surface area (Å²) in [5.41, 5.74) is 2.54. The summed E-state index contributed by atoms with van der Waals surface area (Å²) < 4.78 is 11.8. The Bertz CT molecular complexity index is 768. The van der Waals surface area contributed by atoms with Gasteiger partial charge in [-0.05, 0) is 48.4 Å². The molecule has 26 heavy (non-hydrogen) atoms. The van der Waals surface area contributed by atoms with E-state index in [0.29, 0.717) is 6.79 Å². The quantitative estimate of drug-likeness (QED) is 0.501. The molecule has 0 unspecified atom stereocenters. The molecule has 0 radical (unpaired) electrons. The van der Waals surface area contributed by atoms with Gasteiger partial charge in [0.05, 0.1) is 0 Å². The number of carbonyl (C=O) groups is 2. The lowest BCUT2D eigenvalue weighted by molar-refractivity contribution is -0.159. The third-order valence-corrected chi connectivity index (χ3v) is 3.92. The predicted molar refractivity (Wildman–Crippen MR) is 97.4 cm³/mol. The van der Waals surface area contributed by atoms with Crippen LogP contribution in [0.4, 0.5) is 0 Å². The van der Waals surface area contributed by atoms with Gasteiger partial charge in [-0.2, -0.15) is 0 Å². The first-order valence-electron chi connectivity index (χ1n) is 7.75. The summed E-state index contributed by atoms with van der Waals surface area (Å²) in [6.07, 6.45) is 0.977. The van der Waals surface area contributed by atoms with E-state index >= 15 is 0 Å². The molecule has 1 aliphatic heterocycles. The van der Waals surface area contributed by atoms with Crippen LogP contribution in [0.25, 0.3) is 0 Å². The summed E-state index contributed by atoms with van der Waals surface area (Å²) >= 11 is 3.48. The molecule has 0 saturated heterocycles. The van der Waals surface area contributed by atoms with E-state index < -0.39 is 11.9 Å². The first-order valence-corrected chi connectivity index (χ1v) is 8.55. The normalized spacial score (nSPS) is 11.4. The summed E-state index contributed by atoms with van der Waals surface area (Å²) in [6, 6.07) is 14.5. The molecule has 138 valence electrons. The second-order valence-corrected chi connectivity index (χ2v) is 6.27. The molecular formula is C18H18BrNO6. The monoisotopic (exact) mass is 423 g/mol. The molecule has 1 heterocycles. The highest BCUT2D eigenvalue weighted by Gasteiger charge is 2.12. The van der Waals surface area contributed by atoms with Crippen molar-refractivity contribution in [3.63, 3.8) is 0 Å². The number of carboxylic acid groups (broad SMARTS) is 2. The number of nitrogens with one attached hydrogen (secondary N) is 1. The summed E-state index contributed by atoms with van der Waals surface area (Å²) in [5, 5.41) is 18.2. The minimum absolute atomic E-state index is 0.333. The van der Waals surface area contributed by atoms with Gasteiger partial charge in [-0.25, -0.2) is 9.59 Å². The van der Waals surface area contributed by atoms with Crippen LogP contribution in [-0.2, 0) is 22.6 Å². The van der Waals surface area contributed by atoms with E-state index in [1.807, 2.05) is 12.1 Å². The minimum atomic E-state index is -1.82. The third kappa shape index (κ3) is 6.38. The van der Waals surface area contributed by atoms with Crippen LogP contribution in [-0.4, -0.2) is 35.5 Å². The van der Waals surface area contributed by atoms with Gasteiger partial charge in [0.25, 0.3) is 0 Å². The number of benzene rings is 2. The molecular weight excluding hydrogens is 406 g/mol. The first-order chi connectivity index (χ1) is 12.5. The number of carboxylic acids is 2. The van der Waals surface area contributed by atoms with Gasteiger partial charge in [-0.15, -0.1) is 0 Å². The van der Waals surface area contributed by atoms with Crippen molar-refractivity contribution >= 4 is 27.9 Å². The van der Waals surface area contributed by atoms with Crippen molar-refractivity contribution in [1.82, 2.24) is 5.32 Å². The fraction of sp³-hybridized carbons (Fsp3) is 0.222. The summed E-state index contributed by atoms with van der Waals surface area (Å²) in [6.45, 7) is 2.15. The Hall–Kier alpha value is -2.58. The van der Waals surface area contributed by atoms with E-state index in [0.717, 1.165) is 35.5 Å². The van der Waals surface area contributed by atoms with Crippen molar-refractivity contribution in [2.24, 2.45) is 0 Å².